The lowest BCUT2D eigenvalue weighted by atomic mass is 10.1. The summed E-state index contributed by atoms with van der Waals surface area (Å²) >= 11 is 17.6. The van der Waals surface area contributed by atoms with Crippen molar-refractivity contribution in [1.82, 2.24) is 5.43 Å². The zero-order valence-electron chi connectivity index (χ0n) is 13.9. The first-order valence-electron chi connectivity index (χ1n) is 7.65. The van der Waals surface area contributed by atoms with Crippen molar-refractivity contribution in [2.24, 2.45) is 5.10 Å². The van der Waals surface area contributed by atoms with Crippen LogP contribution >= 0.6 is 34.8 Å². The van der Waals surface area contributed by atoms with Crippen LogP contribution < -0.4 is 10.7 Å². The molecular formula is C18H16Cl3N3O2. The van der Waals surface area contributed by atoms with Crippen LogP contribution in [0.4, 0.5) is 5.69 Å². The van der Waals surface area contributed by atoms with Crippen LogP contribution in [0.15, 0.2) is 47.6 Å². The van der Waals surface area contributed by atoms with Crippen LogP contribution in [0.2, 0.25) is 15.1 Å². The van der Waals surface area contributed by atoms with Crippen molar-refractivity contribution in [2.45, 2.75) is 19.8 Å². The second-order valence-electron chi connectivity index (χ2n) is 5.53. The topological polar surface area (TPSA) is 70.6 Å². The normalized spacial score (nSPS) is 11.2. The third kappa shape index (κ3) is 6.67. The van der Waals surface area contributed by atoms with Crippen LogP contribution in [-0.2, 0) is 16.0 Å². The van der Waals surface area contributed by atoms with E-state index >= 15 is 0 Å². The Labute approximate surface area is 166 Å². The molecule has 8 heteroatoms. The number of carbonyl (C=O) groups excluding carboxylic acids is 2. The van der Waals surface area contributed by atoms with Crippen molar-refractivity contribution >= 4 is 58.0 Å². The third-order valence-electron chi connectivity index (χ3n) is 3.27. The summed E-state index contributed by atoms with van der Waals surface area (Å²) in [6.45, 7) is 1.64. The van der Waals surface area contributed by atoms with Gasteiger partial charge in [0.05, 0.1) is 23.6 Å². The monoisotopic (exact) mass is 411 g/mol. The molecule has 2 N–H and O–H groups in total. The number of hydrazone groups is 1. The lowest BCUT2D eigenvalue weighted by Crippen LogP contribution is -2.22. The third-order valence-corrected chi connectivity index (χ3v) is 4.07. The van der Waals surface area contributed by atoms with E-state index in [1.807, 2.05) is 0 Å². The number of nitrogens with zero attached hydrogens (tertiary/aromatic N) is 1. The van der Waals surface area contributed by atoms with Crippen LogP contribution in [-0.4, -0.2) is 17.5 Å². The lowest BCUT2D eigenvalue weighted by Gasteiger charge is -2.07. The maximum atomic E-state index is 12.0. The molecule has 2 aromatic rings. The van der Waals surface area contributed by atoms with Crippen molar-refractivity contribution in [3.63, 3.8) is 0 Å². The zero-order valence-corrected chi connectivity index (χ0v) is 16.1. The average Bonchev–Trinajstić information content (AvgIpc) is 2.58. The van der Waals surface area contributed by atoms with Gasteiger partial charge < -0.3 is 5.32 Å². The van der Waals surface area contributed by atoms with Crippen LogP contribution in [0.25, 0.3) is 0 Å². The summed E-state index contributed by atoms with van der Waals surface area (Å²) in [6, 6.07) is 11.7. The molecule has 0 spiro atoms. The Morgan fingerprint density at radius 1 is 0.962 bits per heavy atom. The highest BCUT2D eigenvalue weighted by molar-refractivity contribution is 6.36. The highest BCUT2D eigenvalue weighted by Gasteiger charge is 2.09. The second kappa shape index (κ2) is 9.57. The van der Waals surface area contributed by atoms with Gasteiger partial charge >= 0.3 is 0 Å². The molecular weight excluding hydrogens is 397 g/mol. The maximum absolute atomic E-state index is 12.0. The Bertz CT molecular complexity index is 836. The lowest BCUT2D eigenvalue weighted by molar-refractivity contribution is -0.120. The summed E-state index contributed by atoms with van der Waals surface area (Å²) in [4.78, 5) is 23.9. The minimum Gasteiger partial charge on any atom is -0.324 e. The Morgan fingerprint density at radius 3 is 2.27 bits per heavy atom. The van der Waals surface area contributed by atoms with Gasteiger partial charge in [-0.3, -0.25) is 9.59 Å². The molecule has 0 saturated carbocycles. The van der Waals surface area contributed by atoms with Gasteiger partial charge in [-0.05, 0) is 42.8 Å². The van der Waals surface area contributed by atoms with Gasteiger partial charge in [-0.2, -0.15) is 5.10 Å². The largest absolute Gasteiger partial charge is 0.324 e. The molecule has 26 heavy (non-hydrogen) atoms. The first-order valence-corrected chi connectivity index (χ1v) is 8.78. The zero-order chi connectivity index (χ0) is 19.1. The summed E-state index contributed by atoms with van der Waals surface area (Å²) in [5, 5.41) is 8.03. The van der Waals surface area contributed by atoms with E-state index in [2.05, 4.69) is 15.8 Å². The van der Waals surface area contributed by atoms with Crippen molar-refractivity contribution in [1.29, 1.82) is 0 Å². The van der Waals surface area contributed by atoms with Gasteiger partial charge in [0.2, 0.25) is 11.8 Å². The van der Waals surface area contributed by atoms with E-state index < -0.39 is 0 Å². The highest BCUT2D eigenvalue weighted by atomic mass is 35.5. The number of anilines is 1. The van der Waals surface area contributed by atoms with Gasteiger partial charge in [0.25, 0.3) is 0 Å². The highest BCUT2D eigenvalue weighted by Crippen LogP contribution is 2.25. The van der Waals surface area contributed by atoms with Crippen molar-refractivity contribution < 1.29 is 9.59 Å². The van der Waals surface area contributed by atoms with E-state index in [1.165, 1.54) is 6.07 Å². The summed E-state index contributed by atoms with van der Waals surface area (Å²) in [5.41, 5.74) is 4.16. The molecule has 0 unspecified atom stereocenters. The van der Waals surface area contributed by atoms with Gasteiger partial charge in [0, 0.05) is 15.8 Å². The fourth-order valence-electron chi connectivity index (χ4n) is 2.04. The van der Waals surface area contributed by atoms with Gasteiger partial charge in [0.15, 0.2) is 0 Å². The number of hydrogen-bond acceptors (Lipinski definition) is 3. The van der Waals surface area contributed by atoms with Crippen molar-refractivity contribution in [3.8, 4) is 0 Å². The fourth-order valence-corrected chi connectivity index (χ4v) is 2.62. The number of benzene rings is 2. The minimum absolute atomic E-state index is 0.0141. The summed E-state index contributed by atoms with van der Waals surface area (Å²) in [6.07, 6.45) is 0.181. The molecule has 2 aromatic carbocycles. The Kier molecular flexibility index (Phi) is 7.45. The predicted octanol–water partition coefficient (Wildman–Crippen LogP) is 4.71. The SMILES string of the molecule is C/C(CC(=O)Nc1ccc(Cl)cc1Cl)=N/NC(=O)Cc1ccc(Cl)cc1. The van der Waals surface area contributed by atoms with Gasteiger partial charge in [0.1, 0.15) is 0 Å². The molecule has 0 aliphatic carbocycles. The molecule has 2 rings (SSSR count). The quantitative estimate of drug-likeness (QED) is 0.533. The molecule has 2 amide bonds. The van der Waals surface area contributed by atoms with E-state index in [1.54, 1.807) is 43.3 Å². The van der Waals surface area contributed by atoms with Crippen LogP contribution in [0, 0.1) is 0 Å². The Morgan fingerprint density at radius 2 is 1.62 bits per heavy atom. The van der Waals surface area contributed by atoms with E-state index in [0.717, 1.165) is 5.56 Å². The smallest absolute Gasteiger partial charge is 0.244 e. The number of amides is 2. The van der Waals surface area contributed by atoms with Gasteiger partial charge in [-0.15, -0.1) is 0 Å². The Balaban J connectivity index is 1.83. The second-order valence-corrected chi connectivity index (χ2v) is 6.81. The molecule has 0 fully saturated rings. The molecule has 0 atom stereocenters. The molecule has 0 saturated heterocycles. The number of carbonyl (C=O) groups is 2. The standard InChI is InChI=1S/C18H16Cl3N3O2/c1-11(8-17(25)22-16-7-6-14(20)10-15(16)21)23-24-18(26)9-12-2-4-13(19)5-3-12/h2-7,10H,8-9H2,1H3,(H,22,25)(H,24,26)/b23-11-. The Hall–Kier alpha value is -2.08. The molecule has 0 heterocycles. The molecule has 5 nitrogen and oxygen atoms in total. The number of hydrogen-bond donors (Lipinski definition) is 2. The fraction of sp³-hybridized carbons (Fsp3) is 0.167. The summed E-state index contributed by atoms with van der Waals surface area (Å²) in [7, 11) is 0. The van der Waals surface area contributed by atoms with Crippen LogP contribution in [0.3, 0.4) is 0 Å². The molecule has 0 aliphatic rings. The number of rotatable bonds is 6. The van der Waals surface area contributed by atoms with Crippen LogP contribution in [0.1, 0.15) is 18.9 Å². The van der Waals surface area contributed by atoms with Crippen molar-refractivity contribution in [2.75, 3.05) is 5.32 Å². The van der Waals surface area contributed by atoms with E-state index in [9.17, 15) is 9.59 Å². The number of nitrogens with one attached hydrogen (secondary N) is 2. The van der Waals surface area contributed by atoms with E-state index in [-0.39, 0.29) is 24.7 Å². The van der Waals surface area contributed by atoms with Gasteiger partial charge in [-0.1, -0.05) is 46.9 Å². The van der Waals surface area contributed by atoms with E-state index in [4.69, 9.17) is 34.8 Å². The molecule has 0 aliphatic heterocycles. The average molecular weight is 413 g/mol. The van der Waals surface area contributed by atoms with Crippen LogP contribution in [0.5, 0.6) is 0 Å². The molecule has 0 radical (unpaired) electrons. The first kappa shape index (κ1) is 20.2. The molecule has 0 bridgehead atoms. The predicted molar refractivity (Wildman–Crippen MR) is 106 cm³/mol. The van der Waals surface area contributed by atoms with Gasteiger partial charge in [-0.25, -0.2) is 5.43 Å². The summed E-state index contributed by atoms with van der Waals surface area (Å²) < 4.78 is 0. The summed E-state index contributed by atoms with van der Waals surface area (Å²) in [5.74, 6) is -0.588. The molecule has 136 valence electrons. The first-order chi connectivity index (χ1) is 12.3. The minimum atomic E-state index is -0.303. The number of halogens is 3. The maximum Gasteiger partial charge on any atom is 0.244 e. The molecule has 0 aromatic heterocycles. The van der Waals surface area contributed by atoms with Crippen molar-refractivity contribution in [3.05, 3.63) is 63.1 Å². The van der Waals surface area contributed by atoms with E-state index in [0.29, 0.717) is 26.5 Å².